The zero-order valence-corrected chi connectivity index (χ0v) is 25.2. The number of hydrogen-bond acceptors (Lipinski definition) is 6. The fourth-order valence-corrected chi connectivity index (χ4v) is 5.96. The van der Waals surface area contributed by atoms with Crippen LogP contribution in [0.1, 0.15) is 51.4 Å². The molecule has 8 heteroatoms. The molecule has 0 spiro atoms. The summed E-state index contributed by atoms with van der Waals surface area (Å²) in [5.41, 5.74) is 8.46. The number of rotatable bonds is 9. The number of amides is 1. The van der Waals surface area contributed by atoms with E-state index in [1.54, 1.807) is 24.5 Å². The number of imidazole rings is 1. The van der Waals surface area contributed by atoms with Crippen molar-refractivity contribution in [2.45, 2.75) is 44.6 Å². The summed E-state index contributed by atoms with van der Waals surface area (Å²) < 4.78 is 15.3. The Kier molecular flexibility index (Phi) is 8.65. The number of benzene rings is 4. The normalized spacial score (nSPS) is 18.0. The van der Waals surface area contributed by atoms with E-state index >= 15 is 0 Å². The van der Waals surface area contributed by atoms with Crippen LogP contribution in [0.2, 0.25) is 0 Å². The maximum atomic E-state index is 12.6. The first-order valence-corrected chi connectivity index (χ1v) is 15.4. The van der Waals surface area contributed by atoms with Crippen LogP contribution in [0.5, 0.6) is 0 Å². The number of fused-ring (bicyclic) bond motifs is 1. The summed E-state index contributed by atoms with van der Waals surface area (Å²) in [5.74, 6) is -0.163. The summed E-state index contributed by atoms with van der Waals surface area (Å²) in [6, 6.07) is 35.8. The van der Waals surface area contributed by atoms with Gasteiger partial charge in [-0.05, 0) is 52.1 Å². The molecule has 1 aliphatic heterocycles. The Labute approximate surface area is 267 Å². The molecular weight excluding hydrogens is 576 g/mol. The van der Waals surface area contributed by atoms with Crippen molar-refractivity contribution in [1.82, 2.24) is 19.9 Å². The Morgan fingerprint density at radius 1 is 0.870 bits per heavy atom. The molecule has 8 nitrogen and oxygen atoms in total. The SMILES string of the molecule is O=C(NCc1ccccc1-c1ccc(C2OC(Cn3cnc4ccccc43)CC(c3ccc(CO)cc3)O2)cc1)c1cccnc1. The zero-order valence-electron chi connectivity index (χ0n) is 25.2. The summed E-state index contributed by atoms with van der Waals surface area (Å²) in [6.07, 6.45) is 4.88. The van der Waals surface area contributed by atoms with Crippen molar-refractivity contribution in [3.63, 3.8) is 0 Å². The second-order valence-corrected chi connectivity index (χ2v) is 11.4. The molecule has 3 atom stereocenters. The fraction of sp³-hybridized carbons (Fsp3) is 0.184. The van der Waals surface area contributed by atoms with Gasteiger partial charge in [-0.2, -0.15) is 0 Å². The Morgan fingerprint density at radius 2 is 1.65 bits per heavy atom. The monoisotopic (exact) mass is 610 g/mol. The van der Waals surface area contributed by atoms with Gasteiger partial charge >= 0.3 is 0 Å². The predicted octanol–water partition coefficient (Wildman–Crippen LogP) is 6.77. The van der Waals surface area contributed by atoms with Crippen LogP contribution in [-0.4, -0.2) is 31.7 Å². The van der Waals surface area contributed by atoms with Gasteiger partial charge in [0.15, 0.2) is 6.29 Å². The summed E-state index contributed by atoms with van der Waals surface area (Å²) in [7, 11) is 0. The van der Waals surface area contributed by atoms with Crippen LogP contribution in [0.4, 0.5) is 0 Å². The average Bonchev–Trinajstić information content (AvgIpc) is 3.53. The van der Waals surface area contributed by atoms with Crippen molar-refractivity contribution in [3.8, 4) is 11.1 Å². The molecule has 0 saturated carbocycles. The molecule has 3 heterocycles. The first-order chi connectivity index (χ1) is 22.6. The third-order valence-electron chi connectivity index (χ3n) is 8.42. The molecule has 46 heavy (non-hydrogen) atoms. The van der Waals surface area contributed by atoms with E-state index < -0.39 is 6.29 Å². The molecule has 2 N–H and O–H groups in total. The molecule has 1 amide bonds. The fourth-order valence-electron chi connectivity index (χ4n) is 5.96. The maximum absolute atomic E-state index is 12.6. The van der Waals surface area contributed by atoms with Crippen molar-refractivity contribution in [2.24, 2.45) is 0 Å². The highest BCUT2D eigenvalue weighted by Crippen LogP contribution is 2.39. The van der Waals surface area contributed by atoms with Gasteiger partial charge in [-0.1, -0.05) is 84.9 Å². The van der Waals surface area contributed by atoms with Crippen molar-refractivity contribution >= 4 is 16.9 Å². The van der Waals surface area contributed by atoms with Gasteiger partial charge in [0.1, 0.15) is 0 Å². The summed E-state index contributed by atoms with van der Waals surface area (Å²) >= 11 is 0. The first-order valence-electron chi connectivity index (χ1n) is 15.4. The molecule has 0 bridgehead atoms. The number of nitrogens with one attached hydrogen (secondary N) is 1. The number of hydrogen-bond donors (Lipinski definition) is 2. The molecule has 1 fully saturated rings. The van der Waals surface area contributed by atoms with E-state index in [4.69, 9.17) is 9.47 Å². The Balaban J connectivity index is 1.12. The summed E-state index contributed by atoms with van der Waals surface area (Å²) in [4.78, 5) is 21.3. The van der Waals surface area contributed by atoms with Gasteiger partial charge in [-0.3, -0.25) is 9.78 Å². The summed E-state index contributed by atoms with van der Waals surface area (Å²) in [5, 5.41) is 12.6. The van der Waals surface area contributed by atoms with E-state index in [9.17, 15) is 9.90 Å². The van der Waals surface area contributed by atoms with Crippen LogP contribution in [-0.2, 0) is 29.2 Å². The molecule has 2 aromatic heterocycles. The van der Waals surface area contributed by atoms with Crippen molar-refractivity contribution in [3.05, 3.63) is 156 Å². The lowest BCUT2D eigenvalue weighted by Gasteiger charge is -2.36. The quantitative estimate of drug-likeness (QED) is 0.188. The minimum absolute atomic E-state index is 0.000221. The molecule has 3 unspecified atom stereocenters. The standard InChI is InChI=1S/C38H34N4O4/c43-24-26-11-13-28(14-12-26)36-20-32(23-42-25-41-34-9-3-4-10-35(34)42)45-38(46-36)29-17-15-27(16-18-29)33-8-2-1-6-30(33)22-40-37(44)31-7-5-19-39-21-31/h1-19,21,25,32,36,38,43H,20,22-24H2,(H,40,44). The van der Waals surface area contributed by atoms with E-state index in [-0.39, 0.29) is 24.7 Å². The molecule has 7 rings (SSSR count). The van der Waals surface area contributed by atoms with Gasteiger partial charge in [-0.15, -0.1) is 0 Å². The number of carbonyl (C=O) groups is 1. The summed E-state index contributed by atoms with van der Waals surface area (Å²) in [6.45, 7) is 1.03. The zero-order chi connectivity index (χ0) is 31.3. The van der Waals surface area contributed by atoms with Crippen LogP contribution in [0.15, 0.2) is 128 Å². The lowest BCUT2D eigenvalue weighted by atomic mass is 9.97. The van der Waals surface area contributed by atoms with E-state index in [0.717, 1.165) is 44.4 Å². The van der Waals surface area contributed by atoms with Gasteiger partial charge in [-0.25, -0.2) is 4.98 Å². The second-order valence-electron chi connectivity index (χ2n) is 11.4. The van der Waals surface area contributed by atoms with Gasteiger partial charge in [0.05, 0.1) is 48.3 Å². The third-order valence-corrected chi connectivity index (χ3v) is 8.42. The molecule has 230 valence electrons. The molecule has 0 aliphatic carbocycles. The number of nitrogens with zero attached hydrogens (tertiary/aromatic N) is 3. The van der Waals surface area contributed by atoms with Crippen molar-refractivity contribution in [2.75, 3.05) is 0 Å². The number of aromatic nitrogens is 3. The van der Waals surface area contributed by atoms with Crippen LogP contribution < -0.4 is 5.32 Å². The number of carbonyl (C=O) groups excluding carboxylic acids is 1. The average molecular weight is 611 g/mol. The largest absolute Gasteiger partial charge is 0.392 e. The minimum Gasteiger partial charge on any atom is -0.392 e. The smallest absolute Gasteiger partial charge is 0.253 e. The molecule has 1 saturated heterocycles. The third kappa shape index (κ3) is 6.46. The van der Waals surface area contributed by atoms with Gasteiger partial charge in [0.2, 0.25) is 0 Å². The highest BCUT2D eigenvalue weighted by atomic mass is 16.7. The molecule has 4 aromatic carbocycles. The highest BCUT2D eigenvalue weighted by molar-refractivity contribution is 5.93. The number of aliphatic hydroxyl groups is 1. The van der Waals surface area contributed by atoms with Crippen LogP contribution in [0, 0.1) is 0 Å². The molecule has 1 aliphatic rings. The van der Waals surface area contributed by atoms with Crippen LogP contribution in [0.3, 0.4) is 0 Å². The van der Waals surface area contributed by atoms with E-state index in [0.29, 0.717) is 25.1 Å². The van der Waals surface area contributed by atoms with Gasteiger partial charge in [0, 0.05) is 30.9 Å². The molecule has 0 radical (unpaired) electrons. The van der Waals surface area contributed by atoms with Gasteiger partial charge < -0.3 is 24.5 Å². The Bertz CT molecular complexity index is 1920. The molecule has 6 aromatic rings. The minimum atomic E-state index is -0.570. The van der Waals surface area contributed by atoms with Crippen LogP contribution >= 0.6 is 0 Å². The number of para-hydroxylation sites is 2. The first kappa shape index (κ1) is 29.6. The highest BCUT2D eigenvalue weighted by Gasteiger charge is 2.32. The van der Waals surface area contributed by atoms with E-state index in [1.165, 1.54) is 0 Å². The van der Waals surface area contributed by atoms with Crippen LogP contribution in [0.25, 0.3) is 22.2 Å². The Hall–Kier alpha value is -5.15. The van der Waals surface area contributed by atoms with E-state index in [2.05, 4.69) is 44.1 Å². The van der Waals surface area contributed by atoms with Crippen molar-refractivity contribution < 1.29 is 19.4 Å². The Morgan fingerprint density at radius 3 is 2.46 bits per heavy atom. The second kappa shape index (κ2) is 13.5. The topological polar surface area (TPSA) is 98.5 Å². The lowest BCUT2D eigenvalue weighted by molar-refractivity contribution is -0.252. The maximum Gasteiger partial charge on any atom is 0.253 e. The number of pyridine rings is 1. The number of ether oxygens (including phenoxy) is 2. The van der Waals surface area contributed by atoms with Crippen molar-refractivity contribution in [1.29, 1.82) is 0 Å². The lowest BCUT2D eigenvalue weighted by Crippen LogP contribution is -2.32. The van der Waals surface area contributed by atoms with Gasteiger partial charge in [0.25, 0.3) is 5.91 Å². The predicted molar refractivity (Wildman–Crippen MR) is 175 cm³/mol. The van der Waals surface area contributed by atoms with E-state index in [1.807, 2.05) is 79.1 Å². The number of aliphatic hydroxyl groups excluding tert-OH is 1. The molecular formula is C38H34N4O4.